The summed E-state index contributed by atoms with van der Waals surface area (Å²) in [5.74, 6) is 0. The zero-order valence-electron chi connectivity index (χ0n) is 32.2. The topological polar surface area (TPSA) is 6.48 Å². The van der Waals surface area contributed by atoms with Crippen molar-refractivity contribution in [3.8, 4) is 44.5 Å². The van der Waals surface area contributed by atoms with Gasteiger partial charge >= 0.3 is 0 Å². The van der Waals surface area contributed by atoms with E-state index in [1.54, 1.807) is 0 Å². The molecule has 0 atom stereocenters. The van der Waals surface area contributed by atoms with Gasteiger partial charge in [-0.25, -0.2) is 0 Å². The molecule has 0 fully saturated rings. The molecule has 10 aromatic rings. The van der Waals surface area contributed by atoms with Crippen LogP contribution in [0.25, 0.3) is 64.7 Å². The Bertz CT molecular complexity index is 2980. The lowest BCUT2D eigenvalue weighted by molar-refractivity contribution is 1.21. The van der Waals surface area contributed by atoms with Gasteiger partial charge in [-0.15, -0.1) is 22.7 Å². The number of hydrogen-bond donors (Lipinski definition) is 0. The van der Waals surface area contributed by atoms with Crippen LogP contribution in [-0.4, -0.2) is 0 Å². The van der Waals surface area contributed by atoms with Crippen molar-refractivity contribution in [3.05, 3.63) is 216 Å². The first-order valence-corrected chi connectivity index (χ1v) is 23.3. The molecule has 0 spiro atoms. The molecule has 0 aliphatic carbocycles. The van der Waals surface area contributed by atoms with Gasteiger partial charge in [0.2, 0.25) is 0 Å². The highest BCUT2D eigenvalue weighted by Gasteiger charge is 2.39. The summed E-state index contributed by atoms with van der Waals surface area (Å²) < 4.78 is 2.56. The fourth-order valence-corrected chi connectivity index (χ4v) is 13.2. The Morgan fingerprint density at radius 3 is 0.967 bits per heavy atom. The van der Waals surface area contributed by atoms with E-state index in [-0.39, 0.29) is 0 Å². The van der Waals surface area contributed by atoms with Gasteiger partial charge in [-0.05, 0) is 104 Å². The minimum Gasteiger partial charge on any atom is -0.292 e. The third-order valence-electron chi connectivity index (χ3n) is 11.3. The first-order chi connectivity index (χ1) is 29.7. The number of fused-ring (bicyclic) bond motifs is 4. The largest absolute Gasteiger partial charge is 0.292 e. The Labute approximate surface area is 365 Å². The van der Waals surface area contributed by atoms with Gasteiger partial charge in [0, 0.05) is 19.2 Å². The molecule has 60 heavy (non-hydrogen) atoms. The maximum absolute atomic E-state index is 2.55. The summed E-state index contributed by atoms with van der Waals surface area (Å²) >= 11 is 7.50. The van der Waals surface area contributed by atoms with E-state index in [1.807, 2.05) is 46.2 Å². The third-order valence-corrected chi connectivity index (χ3v) is 15.9. The molecule has 0 bridgehead atoms. The molecule has 2 nitrogen and oxygen atoms in total. The van der Waals surface area contributed by atoms with Crippen molar-refractivity contribution in [2.75, 3.05) is 9.80 Å². The minimum atomic E-state index is 1.20. The summed E-state index contributed by atoms with van der Waals surface area (Å²) in [5.41, 5.74) is 12.2. The molecule has 12 rings (SSSR count). The molecule has 6 heteroatoms. The van der Waals surface area contributed by atoms with Crippen molar-refractivity contribution >= 4 is 87.7 Å². The maximum Gasteiger partial charge on any atom is 0.117 e. The van der Waals surface area contributed by atoms with Crippen LogP contribution in [0, 0.1) is 0 Å². The molecule has 2 aromatic heterocycles. The monoisotopic (exact) mass is 838 g/mol. The Kier molecular flexibility index (Phi) is 8.77. The fourth-order valence-electron chi connectivity index (χ4n) is 8.47. The minimum absolute atomic E-state index is 1.20. The van der Waals surface area contributed by atoms with E-state index in [9.17, 15) is 0 Å². The predicted molar refractivity (Wildman–Crippen MR) is 261 cm³/mol. The van der Waals surface area contributed by atoms with Gasteiger partial charge in [-0.3, -0.25) is 9.80 Å². The van der Waals surface area contributed by atoms with Crippen LogP contribution in [0.2, 0.25) is 0 Å². The second-order valence-electron chi connectivity index (χ2n) is 14.9. The Morgan fingerprint density at radius 2 is 0.617 bits per heavy atom. The molecule has 0 saturated heterocycles. The first kappa shape index (κ1) is 35.6. The molecular formula is C54H34N2S4. The molecule has 2 aliphatic heterocycles. The summed E-state index contributed by atoms with van der Waals surface area (Å²) in [7, 11) is 0. The van der Waals surface area contributed by atoms with Crippen molar-refractivity contribution in [2.45, 2.75) is 9.79 Å². The highest BCUT2D eigenvalue weighted by molar-refractivity contribution is 8.07. The lowest BCUT2D eigenvalue weighted by atomic mass is 9.93. The van der Waals surface area contributed by atoms with E-state index in [1.165, 1.54) is 106 Å². The van der Waals surface area contributed by atoms with Crippen molar-refractivity contribution in [1.82, 2.24) is 0 Å². The third kappa shape index (κ3) is 6.10. The highest BCUT2D eigenvalue weighted by atomic mass is 32.2. The number of nitrogens with zero attached hydrogens (tertiary/aromatic N) is 2. The highest BCUT2D eigenvalue weighted by Crippen LogP contribution is 2.62. The van der Waals surface area contributed by atoms with Crippen LogP contribution in [0.5, 0.6) is 0 Å². The average Bonchev–Trinajstić information content (AvgIpc) is 4.11. The standard InChI is InChI=1S/C54H34N2S4/c1-5-17-35(18-6-1)41-31-45-49(33-43(41)37-21-9-3-10-22-37)59-53(55(45)51-29-39-25-13-15-27-47(39)57-51)54-56(52-30-40-26-14-16-28-48(40)58-52)46-32-42(36-19-7-2-8-20-36)44(34-50(46)60-54)38-23-11-4-12-24-38/h1-34H/b54-53+. The predicted octanol–water partition coefficient (Wildman–Crippen LogP) is 17.1. The van der Waals surface area contributed by atoms with Crippen LogP contribution in [0.15, 0.2) is 226 Å². The van der Waals surface area contributed by atoms with E-state index in [0.717, 1.165) is 0 Å². The van der Waals surface area contributed by atoms with Gasteiger partial charge in [-0.1, -0.05) is 181 Å². The van der Waals surface area contributed by atoms with Gasteiger partial charge in [0.1, 0.15) is 20.1 Å². The van der Waals surface area contributed by atoms with Crippen LogP contribution in [-0.2, 0) is 0 Å². The van der Waals surface area contributed by atoms with Crippen LogP contribution in [0.3, 0.4) is 0 Å². The summed E-state index contributed by atoms with van der Waals surface area (Å²) in [6.45, 7) is 0. The second kappa shape index (κ2) is 14.8. The zero-order valence-corrected chi connectivity index (χ0v) is 35.4. The van der Waals surface area contributed by atoms with Crippen LogP contribution in [0.1, 0.15) is 0 Å². The quantitative estimate of drug-likeness (QED) is 0.164. The van der Waals surface area contributed by atoms with Crippen molar-refractivity contribution in [1.29, 1.82) is 0 Å². The number of anilines is 4. The molecule has 0 radical (unpaired) electrons. The number of hydrogen-bond acceptors (Lipinski definition) is 6. The van der Waals surface area contributed by atoms with E-state index in [4.69, 9.17) is 0 Å². The Morgan fingerprint density at radius 1 is 0.300 bits per heavy atom. The van der Waals surface area contributed by atoms with Crippen LogP contribution < -0.4 is 9.80 Å². The summed E-state index contributed by atoms with van der Waals surface area (Å²) in [4.78, 5) is 7.60. The molecule has 0 saturated carbocycles. The number of rotatable bonds is 6. The summed E-state index contributed by atoms with van der Waals surface area (Å²) in [6, 6.07) is 75.5. The summed E-state index contributed by atoms with van der Waals surface area (Å²) in [5, 5.41) is 7.35. The van der Waals surface area contributed by atoms with E-state index < -0.39 is 0 Å². The molecule has 4 heterocycles. The van der Waals surface area contributed by atoms with Crippen molar-refractivity contribution < 1.29 is 0 Å². The molecule has 0 N–H and O–H groups in total. The fraction of sp³-hybridized carbons (Fsp3) is 0. The maximum atomic E-state index is 2.55. The van der Waals surface area contributed by atoms with Crippen LogP contribution in [0.4, 0.5) is 21.4 Å². The van der Waals surface area contributed by atoms with Gasteiger partial charge in [0.05, 0.1) is 11.4 Å². The zero-order chi connectivity index (χ0) is 39.6. The normalized spacial score (nSPS) is 14.6. The Hall–Kier alpha value is -6.28. The summed E-state index contributed by atoms with van der Waals surface area (Å²) in [6.07, 6.45) is 0. The van der Waals surface area contributed by atoms with Crippen molar-refractivity contribution in [3.63, 3.8) is 0 Å². The number of benzene rings is 8. The molecule has 0 amide bonds. The number of thioether (sulfide) groups is 2. The van der Waals surface area contributed by atoms with E-state index >= 15 is 0 Å². The lowest BCUT2D eigenvalue weighted by Gasteiger charge is -2.25. The molecular weight excluding hydrogens is 805 g/mol. The first-order valence-electron chi connectivity index (χ1n) is 20.0. The lowest BCUT2D eigenvalue weighted by Crippen LogP contribution is -2.17. The van der Waals surface area contributed by atoms with Gasteiger partial charge in [-0.2, -0.15) is 0 Å². The Balaban J connectivity index is 1.13. The van der Waals surface area contributed by atoms with Gasteiger partial charge in [0.25, 0.3) is 0 Å². The van der Waals surface area contributed by atoms with Gasteiger partial charge in [0.15, 0.2) is 0 Å². The van der Waals surface area contributed by atoms with E-state index in [2.05, 4.69) is 216 Å². The average molecular weight is 839 g/mol. The molecule has 8 aromatic carbocycles. The SMILES string of the molecule is c1ccc(-c2cc3c(cc2-c2ccccc2)N(c2cc4ccccc4s2)/C(=C2\Sc4cc(-c5ccccc5)c(-c5ccccc5)cc4N2c2cc4ccccc4s2)S3)cc1. The second-order valence-corrected chi connectivity index (χ2v) is 19.1. The smallest absolute Gasteiger partial charge is 0.117 e. The number of thiophene rings is 2. The van der Waals surface area contributed by atoms with Gasteiger partial charge < -0.3 is 0 Å². The van der Waals surface area contributed by atoms with E-state index in [0.29, 0.717) is 0 Å². The molecule has 284 valence electrons. The van der Waals surface area contributed by atoms with Crippen LogP contribution >= 0.6 is 46.2 Å². The van der Waals surface area contributed by atoms with Crippen molar-refractivity contribution in [2.24, 2.45) is 0 Å². The molecule has 2 aliphatic rings. The molecule has 0 unspecified atom stereocenters.